The molecule has 0 aliphatic carbocycles. The summed E-state index contributed by atoms with van der Waals surface area (Å²) in [7, 11) is 1.49. The summed E-state index contributed by atoms with van der Waals surface area (Å²) in [5.74, 6) is -0.527. The van der Waals surface area contributed by atoms with Gasteiger partial charge in [0.2, 0.25) is 0 Å². The summed E-state index contributed by atoms with van der Waals surface area (Å²) in [6, 6.07) is 7.04. The molecule has 1 unspecified atom stereocenters. The number of hydrogen-bond acceptors (Lipinski definition) is 5. The summed E-state index contributed by atoms with van der Waals surface area (Å²) >= 11 is 0. The lowest BCUT2D eigenvalue weighted by Crippen LogP contribution is -2.32. The van der Waals surface area contributed by atoms with Crippen LogP contribution in [0.3, 0.4) is 0 Å². The average Bonchev–Trinajstić information content (AvgIpc) is 3.33. The quantitative estimate of drug-likeness (QED) is 0.652. The highest BCUT2D eigenvalue weighted by Gasteiger charge is 2.23. The molecule has 0 saturated carbocycles. The van der Waals surface area contributed by atoms with Gasteiger partial charge >= 0.3 is 0 Å². The molecule has 0 spiro atoms. The number of likely N-dealkylation sites (N-methyl/N-ethyl adjacent to an activating group) is 1. The van der Waals surface area contributed by atoms with E-state index in [0.29, 0.717) is 23.0 Å². The van der Waals surface area contributed by atoms with E-state index in [1.165, 1.54) is 13.2 Å². The molecular weight excluding hydrogens is 385 g/mol. The molecule has 1 amide bonds. The van der Waals surface area contributed by atoms with Crippen LogP contribution in [0.15, 0.2) is 36.7 Å². The van der Waals surface area contributed by atoms with Crippen molar-refractivity contribution >= 4 is 22.9 Å². The Labute approximate surface area is 174 Å². The molecule has 1 aliphatic rings. The van der Waals surface area contributed by atoms with Crippen molar-refractivity contribution in [2.45, 2.75) is 26.3 Å². The normalized spacial score (nSPS) is 16.3. The Morgan fingerprint density at radius 2 is 2.17 bits per heavy atom. The number of benzene rings is 1. The lowest BCUT2D eigenvalue weighted by atomic mass is 10.2. The van der Waals surface area contributed by atoms with Crippen LogP contribution in [0.25, 0.3) is 5.65 Å². The van der Waals surface area contributed by atoms with E-state index < -0.39 is 11.7 Å². The molecule has 4 rings (SSSR count). The third kappa shape index (κ3) is 3.95. The third-order valence-corrected chi connectivity index (χ3v) is 5.39. The standard InChI is InChI=1S/C22H26FN5O2/c1-4-24-15-7-8-27(12-15)16-5-6-19(18(23)9-16)26-22(29)17-13-28-11-14(2)25-21(28)10-20(17)30-3/h5-6,9-11,13,15,24H,4,7-8,12H2,1-3H3,(H,26,29). The summed E-state index contributed by atoms with van der Waals surface area (Å²) in [6.45, 7) is 6.61. The van der Waals surface area contributed by atoms with Gasteiger partial charge in [0.1, 0.15) is 17.2 Å². The van der Waals surface area contributed by atoms with Crippen LogP contribution in [0.2, 0.25) is 0 Å². The first kappa shape index (κ1) is 20.2. The van der Waals surface area contributed by atoms with E-state index in [2.05, 4.69) is 27.4 Å². The second-order valence-electron chi connectivity index (χ2n) is 7.51. The summed E-state index contributed by atoms with van der Waals surface area (Å²) in [4.78, 5) is 19.4. The maximum absolute atomic E-state index is 14.8. The summed E-state index contributed by atoms with van der Waals surface area (Å²) in [6.07, 6.45) is 4.49. The number of methoxy groups -OCH3 is 1. The van der Waals surface area contributed by atoms with E-state index in [9.17, 15) is 9.18 Å². The van der Waals surface area contributed by atoms with Crippen LogP contribution in [-0.2, 0) is 0 Å². The zero-order valence-electron chi connectivity index (χ0n) is 17.4. The number of hydrogen-bond donors (Lipinski definition) is 2. The van der Waals surface area contributed by atoms with Gasteiger partial charge in [-0.25, -0.2) is 9.37 Å². The number of nitrogens with one attached hydrogen (secondary N) is 2. The molecule has 1 aromatic carbocycles. The van der Waals surface area contributed by atoms with E-state index in [-0.39, 0.29) is 5.69 Å². The molecule has 1 saturated heterocycles. The first-order valence-corrected chi connectivity index (χ1v) is 10.1. The largest absolute Gasteiger partial charge is 0.496 e. The Hall–Kier alpha value is -3.13. The van der Waals surface area contributed by atoms with Crippen molar-refractivity contribution in [3.63, 3.8) is 0 Å². The van der Waals surface area contributed by atoms with Gasteiger partial charge in [-0.05, 0) is 38.1 Å². The molecule has 0 radical (unpaired) electrons. The zero-order chi connectivity index (χ0) is 21.3. The first-order chi connectivity index (χ1) is 14.5. The van der Waals surface area contributed by atoms with Crippen molar-refractivity contribution < 1.29 is 13.9 Å². The van der Waals surface area contributed by atoms with Crippen molar-refractivity contribution in [2.24, 2.45) is 0 Å². The highest BCUT2D eigenvalue weighted by atomic mass is 19.1. The fourth-order valence-electron chi connectivity index (χ4n) is 3.92. The van der Waals surface area contributed by atoms with Crippen LogP contribution in [0.1, 0.15) is 29.4 Å². The Morgan fingerprint density at radius 3 is 2.90 bits per heavy atom. The number of imidazole rings is 1. The molecule has 3 aromatic rings. The van der Waals surface area contributed by atoms with Crippen LogP contribution in [0, 0.1) is 12.7 Å². The van der Waals surface area contributed by atoms with Gasteiger partial charge in [0.15, 0.2) is 0 Å². The lowest BCUT2D eigenvalue weighted by molar-refractivity contribution is 0.102. The van der Waals surface area contributed by atoms with Crippen molar-refractivity contribution in [1.82, 2.24) is 14.7 Å². The topological polar surface area (TPSA) is 70.9 Å². The Balaban J connectivity index is 1.53. The smallest absolute Gasteiger partial charge is 0.261 e. The Kier molecular flexibility index (Phi) is 5.59. The van der Waals surface area contributed by atoms with Crippen LogP contribution in [-0.4, -0.2) is 48.1 Å². The fourth-order valence-corrected chi connectivity index (χ4v) is 3.92. The molecule has 3 heterocycles. The highest BCUT2D eigenvalue weighted by Crippen LogP contribution is 2.27. The van der Waals surface area contributed by atoms with Crippen molar-refractivity contribution in [1.29, 1.82) is 0 Å². The van der Waals surface area contributed by atoms with Crippen LogP contribution >= 0.6 is 0 Å². The predicted octanol–water partition coefficient (Wildman–Crippen LogP) is 3.23. The van der Waals surface area contributed by atoms with Gasteiger partial charge in [0.05, 0.1) is 24.1 Å². The van der Waals surface area contributed by atoms with Gasteiger partial charge in [-0.2, -0.15) is 0 Å². The number of anilines is 2. The van der Waals surface area contributed by atoms with E-state index in [1.807, 2.05) is 19.2 Å². The number of aryl methyl sites for hydroxylation is 1. The minimum absolute atomic E-state index is 0.134. The second-order valence-corrected chi connectivity index (χ2v) is 7.51. The second kappa shape index (κ2) is 8.31. The SMILES string of the molecule is CCNC1CCN(c2ccc(NC(=O)c3cn4cc(C)nc4cc3OC)c(F)c2)C1. The van der Waals surface area contributed by atoms with Gasteiger partial charge < -0.3 is 24.7 Å². The predicted molar refractivity (Wildman–Crippen MR) is 115 cm³/mol. The van der Waals surface area contributed by atoms with E-state index in [1.54, 1.807) is 22.7 Å². The monoisotopic (exact) mass is 411 g/mol. The van der Waals surface area contributed by atoms with Crippen molar-refractivity contribution in [3.05, 3.63) is 53.7 Å². The molecular formula is C22H26FN5O2. The van der Waals surface area contributed by atoms with Crippen LogP contribution in [0.5, 0.6) is 5.75 Å². The molecule has 1 aliphatic heterocycles. The van der Waals surface area contributed by atoms with Gasteiger partial charge in [-0.15, -0.1) is 0 Å². The molecule has 8 heteroatoms. The molecule has 158 valence electrons. The van der Waals surface area contributed by atoms with Gasteiger partial charge in [0, 0.05) is 43.3 Å². The minimum atomic E-state index is -0.466. The average molecular weight is 411 g/mol. The zero-order valence-corrected chi connectivity index (χ0v) is 17.4. The summed E-state index contributed by atoms with van der Waals surface area (Å²) in [5, 5.41) is 6.09. The van der Waals surface area contributed by atoms with Gasteiger partial charge in [-0.1, -0.05) is 6.92 Å². The number of rotatable bonds is 6. The van der Waals surface area contributed by atoms with E-state index in [0.717, 1.165) is 37.4 Å². The van der Waals surface area contributed by atoms with Crippen LogP contribution < -0.4 is 20.3 Å². The van der Waals surface area contributed by atoms with E-state index in [4.69, 9.17) is 4.74 Å². The number of amides is 1. The number of aromatic nitrogens is 2. The number of carbonyl (C=O) groups is 1. The molecule has 30 heavy (non-hydrogen) atoms. The number of fused-ring (bicyclic) bond motifs is 1. The number of carbonyl (C=O) groups excluding carboxylic acids is 1. The number of ether oxygens (including phenoxy) is 1. The van der Waals surface area contributed by atoms with Gasteiger partial charge in [-0.3, -0.25) is 4.79 Å². The first-order valence-electron chi connectivity index (χ1n) is 10.1. The Morgan fingerprint density at radius 1 is 1.33 bits per heavy atom. The third-order valence-electron chi connectivity index (χ3n) is 5.39. The van der Waals surface area contributed by atoms with Crippen molar-refractivity contribution in [3.8, 4) is 5.75 Å². The number of nitrogens with zero attached hydrogens (tertiary/aromatic N) is 3. The lowest BCUT2D eigenvalue weighted by Gasteiger charge is -2.20. The molecule has 2 N–H and O–H groups in total. The van der Waals surface area contributed by atoms with Crippen LogP contribution in [0.4, 0.5) is 15.8 Å². The molecule has 2 aromatic heterocycles. The summed E-state index contributed by atoms with van der Waals surface area (Å²) < 4.78 is 21.9. The molecule has 7 nitrogen and oxygen atoms in total. The maximum atomic E-state index is 14.8. The highest BCUT2D eigenvalue weighted by molar-refractivity contribution is 6.06. The van der Waals surface area contributed by atoms with E-state index >= 15 is 0 Å². The van der Waals surface area contributed by atoms with Crippen molar-refractivity contribution in [2.75, 3.05) is 37.0 Å². The Bertz CT molecular complexity index is 1080. The fraction of sp³-hybridized carbons (Fsp3) is 0.364. The molecule has 1 atom stereocenters. The summed E-state index contributed by atoms with van der Waals surface area (Å²) in [5.41, 5.74) is 2.76. The minimum Gasteiger partial charge on any atom is -0.496 e. The number of halogens is 1. The molecule has 0 bridgehead atoms. The number of pyridine rings is 1. The maximum Gasteiger partial charge on any atom is 0.261 e. The van der Waals surface area contributed by atoms with Gasteiger partial charge in [0.25, 0.3) is 5.91 Å². The molecule has 1 fully saturated rings.